The van der Waals surface area contributed by atoms with Gasteiger partial charge in [-0.25, -0.2) is 0 Å². The van der Waals surface area contributed by atoms with Crippen LogP contribution >= 0.6 is 0 Å². The van der Waals surface area contributed by atoms with E-state index < -0.39 is 0 Å². The molecule has 3 heteroatoms. The average Bonchev–Trinajstić information content (AvgIpc) is 3.18. The summed E-state index contributed by atoms with van der Waals surface area (Å²) in [5, 5.41) is 0. The molecule has 1 saturated heterocycles. The molecule has 3 nitrogen and oxygen atoms in total. The highest BCUT2D eigenvalue weighted by Gasteiger charge is 2.36. The Morgan fingerprint density at radius 3 is 2.55 bits per heavy atom. The predicted octanol–water partition coefficient (Wildman–Crippen LogP) is 2.61. The monoisotopic (exact) mass is 272 g/mol. The first kappa shape index (κ1) is 12.7. The van der Waals surface area contributed by atoms with Gasteiger partial charge in [0, 0.05) is 32.7 Å². The van der Waals surface area contributed by atoms with E-state index in [-0.39, 0.29) is 0 Å². The van der Waals surface area contributed by atoms with Gasteiger partial charge in [-0.05, 0) is 42.7 Å². The lowest BCUT2D eigenvalue weighted by molar-refractivity contribution is 0.103. The molecule has 1 aromatic heterocycles. The molecule has 2 bridgehead atoms. The van der Waals surface area contributed by atoms with Gasteiger partial charge >= 0.3 is 0 Å². The van der Waals surface area contributed by atoms with Crippen LogP contribution in [0.5, 0.6) is 0 Å². The molecule has 0 radical (unpaired) electrons. The Kier molecular flexibility index (Phi) is 3.41. The molecule has 1 aliphatic heterocycles. The summed E-state index contributed by atoms with van der Waals surface area (Å²) in [6, 6.07) is 4.06. The smallest absolute Gasteiger partial charge is 0.117 e. The Morgan fingerprint density at radius 2 is 1.90 bits per heavy atom. The quantitative estimate of drug-likeness (QED) is 0.786. The first-order valence-corrected chi connectivity index (χ1v) is 8.02. The number of fused-ring (bicyclic) bond motifs is 2. The van der Waals surface area contributed by atoms with Gasteiger partial charge in [0.05, 0.1) is 12.8 Å². The number of piperazine rings is 1. The minimum Gasteiger partial charge on any atom is -0.468 e. The van der Waals surface area contributed by atoms with E-state index in [2.05, 4.69) is 28.0 Å². The number of hydrogen-bond acceptors (Lipinski definition) is 3. The molecule has 3 atom stereocenters. The lowest BCUT2D eigenvalue weighted by Crippen LogP contribution is -2.47. The third-order valence-electron chi connectivity index (χ3n) is 5.33. The molecule has 0 spiro atoms. The molecule has 0 N–H and O–H groups in total. The van der Waals surface area contributed by atoms with Crippen LogP contribution < -0.4 is 0 Å². The topological polar surface area (TPSA) is 19.6 Å². The molecule has 2 fully saturated rings. The van der Waals surface area contributed by atoms with Crippen LogP contribution in [0.3, 0.4) is 0 Å². The molecule has 4 rings (SSSR count). The van der Waals surface area contributed by atoms with Crippen molar-refractivity contribution >= 4 is 0 Å². The summed E-state index contributed by atoms with van der Waals surface area (Å²) in [5.74, 6) is 3.82. The molecular weight excluding hydrogens is 248 g/mol. The Bertz CT molecular complexity index is 459. The zero-order valence-corrected chi connectivity index (χ0v) is 12.1. The second-order valence-corrected chi connectivity index (χ2v) is 6.70. The van der Waals surface area contributed by atoms with Crippen LogP contribution in [0.4, 0.5) is 0 Å². The number of allylic oxidation sites excluding steroid dienone is 2. The minimum absolute atomic E-state index is 0.890. The zero-order chi connectivity index (χ0) is 13.4. The molecule has 2 aliphatic carbocycles. The predicted molar refractivity (Wildman–Crippen MR) is 79.3 cm³/mol. The molecule has 1 aromatic rings. The third kappa shape index (κ3) is 2.57. The fourth-order valence-corrected chi connectivity index (χ4v) is 4.19. The Hall–Kier alpha value is -1.06. The van der Waals surface area contributed by atoms with E-state index >= 15 is 0 Å². The summed E-state index contributed by atoms with van der Waals surface area (Å²) in [4.78, 5) is 5.19. The molecule has 1 saturated carbocycles. The fourth-order valence-electron chi connectivity index (χ4n) is 4.19. The number of nitrogens with zero attached hydrogens (tertiary/aromatic N) is 2. The van der Waals surface area contributed by atoms with Crippen molar-refractivity contribution < 1.29 is 4.42 Å². The Morgan fingerprint density at radius 1 is 1.05 bits per heavy atom. The summed E-state index contributed by atoms with van der Waals surface area (Å²) in [5.41, 5.74) is 0. The highest BCUT2D eigenvalue weighted by molar-refractivity contribution is 5.10. The van der Waals surface area contributed by atoms with Gasteiger partial charge in [-0.2, -0.15) is 0 Å². The third-order valence-corrected chi connectivity index (χ3v) is 5.33. The van der Waals surface area contributed by atoms with Gasteiger partial charge in [0.1, 0.15) is 5.76 Å². The van der Waals surface area contributed by atoms with Crippen molar-refractivity contribution in [3.05, 3.63) is 36.3 Å². The van der Waals surface area contributed by atoms with Crippen LogP contribution in [0.1, 0.15) is 18.6 Å². The van der Waals surface area contributed by atoms with Crippen molar-refractivity contribution in [3.8, 4) is 0 Å². The number of furan rings is 1. The standard InChI is InChI=1S/C17H24N2O/c1-2-17(20-9-1)13-19-7-5-18(6-8-19)12-16-11-14-3-4-15(16)10-14/h1-4,9,14-16H,5-8,10-13H2/t14-,15-,16+/m0/s1. The van der Waals surface area contributed by atoms with Crippen molar-refractivity contribution in [1.29, 1.82) is 0 Å². The minimum atomic E-state index is 0.890. The van der Waals surface area contributed by atoms with Gasteiger partial charge in [-0.3, -0.25) is 4.90 Å². The second kappa shape index (κ2) is 5.38. The van der Waals surface area contributed by atoms with Crippen LogP contribution in [0.2, 0.25) is 0 Å². The summed E-state index contributed by atoms with van der Waals surface area (Å²) in [6.07, 6.45) is 9.57. The molecule has 3 aliphatic rings. The molecule has 2 heterocycles. The van der Waals surface area contributed by atoms with E-state index in [4.69, 9.17) is 4.42 Å². The molecule has 108 valence electrons. The normalized spacial score (nSPS) is 34.1. The van der Waals surface area contributed by atoms with E-state index in [9.17, 15) is 0 Å². The zero-order valence-electron chi connectivity index (χ0n) is 12.1. The fraction of sp³-hybridized carbons (Fsp3) is 0.647. The van der Waals surface area contributed by atoms with Crippen molar-refractivity contribution in [3.63, 3.8) is 0 Å². The van der Waals surface area contributed by atoms with Gasteiger partial charge in [0.15, 0.2) is 0 Å². The maximum Gasteiger partial charge on any atom is 0.117 e. The summed E-state index contributed by atoms with van der Waals surface area (Å²) in [6.45, 7) is 7.09. The van der Waals surface area contributed by atoms with Crippen molar-refractivity contribution in [1.82, 2.24) is 9.80 Å². The van der Waals surface area contributed by atoms with Gasteiger partial charge < -0.3 is 9.32 Å². The van der Waals surface area contributed by atoms with Gasteiger partial charge in [0.25, 0.3) is 0 Å². The second-order valence-electron chi connectivity index (χ2n) is 6.70. The molecule has 0 unspecified atom stereocenters. The van der Waals surface area contributed by atoms with Crippen LogP contribution in [0.15, 0.2) is 35.0 Å². The first-order chi connectivity index (χ1) is 9.87. The van der Waals surface area contributed by atoms with Crippen molar-refractivity contribution in [2.75, 3.05) is 32.7 Å². The summed E-state index contributed by atoms with van der Waals surface area (Å²) in [7, 11) is 0. The van der Waals surface area contributed by atoms with E-state index in [1.807, 2.05) is 6.07 Å². The molecular formula is C17H24N2O. The van der Waals surface area contributed by atoms with E-state index in [1.54, 1.807) is 6.26 Å². The molecule has 0 amide bonds. The molecule has 0 aromatic carbocycles. The lowest BCUT2D eigenvalue weighted by Gasteiger charge is -2.36. The van der Waals surface area contributed by atoms with Crippen molar-refractivity contribution in [2.24, 2.45) is 17.8 Å². The first-order valence-electron chi connectivity index (χ1n) is 8.02. The highest BCUT2D eigenvalue weighted by atomic mass is 16.3. The van der Waals surface area contributed by atoms with E-state index in [1.165, 1.54) is 45.6 Å². The molecule has 20 heavy (non-hydrogen) atoms. The lowest BCUT2D eigenvalue weighted by atomic mass is 9.93. The Balaban J connectivity index is 1.24. The Labute approximate surface area is 121 Å². The average molecular weight is 272 g/mol. The largest absolute Gasteiger partial charge is 0.468 e. The van der Waals surface area contributed by atoms with Crippen molar-refractivity contribution in [2.45, 2.75) is 19.4 Å². The van der Waals surface area contributed by atoms with E-state index in [0.717, 1.165) is 30.1 Å². The van der Waals surface area contributed by atoms with E-state index in [0.29, 0.717) is 0 Å². The van der Waals surface area contributed by atoms with Crippen LogP contribution in [-0.2, 0) is 6.54 Å². The van der Waals surface area contributed by atoms with Gasteiger partial charge in [0.2, 0.25) is 0 Å². The maximum absolute atomic E-state index is 5.44. The number of rotatable bonds is 4. The number of hydrogen-bond donors (Lipinski definition) is 0. The van der Waals surface area contributed by atoms with Gasteiger partial charge in [-0.1, -0.05) is 12.2 Å². The summed E-state index contributed by atoms with van der Waals surface area (Å²) < 4.78 is 5.44. The summed E-state index contributed by atoms with van der Waals surface area (Å²) >= 11 is 0. The van der Waals surface area contributed by atoms with Crippen LogP contribution in [-0.4, -0.2) is 42.5 Å². The van der Waals surface area contributed by atoms with Crippen LogP contribution in [0.25, 0.3) is 0 Å². The SMILES string of the molecule is C1=C[C@H]2C[C@H]1C[C@@H]2CN1CCN(Cc2ccco2)CC1. The van der Waals surface area contributed by atoms with Crippen LogP contribution in [0, 0.1) is 17.8 Å². The van der Waals surface area contributed by atoms with Gasteiger partial charge in [-0.15, -0.1) is 0 Å². The highest BCUT2D eigenvalue weighted by Crippen LogP contribution is 2.43. The maximum atomic E-state index is 5.44.